The third-order valence-electron chi connectivity index (χ3n) is 6.13. The molecule has 164 valence electrons. The van der Waals surface area contributed by atoms with Crippen molar-refractivity contribution in [1.29, 1.82) is 0 Å². The van der Waals surface area contributed by atoms with Crippen molar-refractivity contribution in [3.05, 3.63) is 77.9 Å². The summed E-state index contributed by atoms with van der Waals surface area (Å²) in [5.41, 5.74) is 1.33. The van der Waals surface area contributed by atoms with Gasteiger partial charge in [-0.3, -0.25) is 9.59 Å². The first kappa shape index (κ1) is 20.5. The van der Waals surface area contributed by atoms with E-state index in [1.165, 1.54) is 6.08 Å². The SMILES string of the molecule is O=C1C[C@@H]2[C@@H](C=CC(=O)C3OCc4ccccc4O3)[C@H](OC(=O)c3ccccc3)C[C@@H]2O1. The lowest BCUT2D eigenvalue weighted by atomic mass is 9.91. The topological polar surface area (TPSA) is 88.1 Å². The molecule has 1 saturated carbocycles. The molecular weight excluding hydrogens is 412 g/mol. The lowest BCUT2D eigenvalue weighted by Gasteiger charge is -2.24. The molecule has 2 aromatic rings. The average molecular weight is 434 g/mol. The third-order valence-corrected chi connectivity index (χ3v) is 6.13. The molecule has 1 unspecified atom stereocenters. The summed E-state index contributed by atoms with van der Waals surface area (Å²) in [4.78, 5) is 37.1. The van der Waals surface area contributed by atoms with Crippen molar-refractivity contribution in [2.45, 2.75) is 37.9 Å². The van der Waals surface area contributed by atoms with E-state index in [1.807, 2.05) is 24.3 Å². The average Bonchev–Trinajstić information content (AvgIpc) is 3.33. The van der Waals surface area contributed by atoms with Gasteiger partial charge in [-0.25, -0.2) is 4.79 Å². The predicted molar refractivity (Wildman–Crippen MR) is 112 cm³/mol. The molecule has 2 heterocycles. The second-order valence-corrected chi connectivity index (χ2v) is 8.15. The monoisotopic (exact) mass is 434 g/mol. The fraction of sp³-hybridized carbons (Fsp3) is 0.320. The van der Waals surface area contributed by atoms with Gasteiger partial charge in [-0.2, -0.15) is 0 Å². The zero-order valence-corrected chi connectivity index (χ0v) is 17.2. The number of rotatable bonds is 5. The molecule has 0 radical (unpaired) electrons. The number of fused-ring (bicyclic) bond motifs is 2. The zero-order valence-electron chi connectivity index (χ0n) is 17.2. The van der Waals surface area contributed by atoms with Crippen LogP contribution in [0.15, 0.2) is 66.7 Å². The van der Waals surface area contributed by atoms with E-state index in [4.69, 9.17) is 18.9 Å². The second kappa shape index (κ2) is 8.59. The number of hydrogen-bond donors (Lipinski definition) is 0. The summed E-state index contributed by atoms with van der Waals surface area (Å²) in [5, 5.41) is 0. The summed E-state index contributed by atoms with van der Waals surface area (Å²) in [5.74, 6) is -0.902. The van der Waals surface area contributed by atoms with Gasteiger partial charge in [0.05, 0.1) is 18.6 Å². The minimum atomic E-state index is -1.04. The first-order valence-corrected chi connectivity index (χ1v) is 10.6. The van der Waals surface area contributed by atoms with Crippen LogP contribution < -0.4 is 4.74 Å². The van der Waals surface area contributed by atoms with Crippen LogP contribution in [0.2, 0.25) is 0 Å². The highest BCUT2D eigenvalue weighted by atomic mass is 16.7. The Morgan fingerprint density at radius 2 is 1.78 bits per heavy atom. The largest absolute Gasteiger partial charge is 0.462 e. The first-order valence-electron chi connectivity index (χ1n) is 10.6. The van der Waals surface area contributed by atoms with Crippen LogP contribution in [0.3, 0.4) is 0 Å². The Balaban J connectivity index is 1.30. The van der Waals surface area contributed by atoms with Crippen molar-refractivity contribution in [3.63, 3.8) is 0 Å². The van der Waals surface area contributed by atoms with Crippen molar-refractivity contribution in [1.82, 2.24) is 0 Å². The summed E-state index contributed by atoms with van der Waals surface area (Å²) in [7, 11) is 0. The molecule has 5 rings (SSSR count). The first-order chi connectivity index (χ1) is 15.6. The van der Waals surface area contributed by atoms with Gasteiger partial charge < -0.3 is 18.9 Å². The molecular formula is C25H22O7. The molecule has 5 atom stereocenters. The Bertz CT molecular complexity index is 1060. The van der Waals surface area contributed by atoms with Crippen LogP contribution in [-0.2, 0) is 30.4 Å². The number of ether oxygens (including phenoxy) is 4. The number of hydrogen-bond acceptors (Lipinski definition) is 7. The van der Waals surface area contributed by atoms with Gasteiger partial charge in [0, 0.05) is 23.8 Å². The molecule has 0 amide bonds. The van der Waals surface area contributed by atoms with E-state index in [2.05, 4.69) is 0 Å². The van der Waals surface area contributed by atoms with Gasteiger partial charge in [0.15, 0.2) is 0 Å². The molecule has 0 N–H and O–H groups in total. The molecule has 32 heavy (non-hydrogen) atoms. The fourth-order valence-corrected chi connectivity index (χ4v) is 4.55. The van der Waals surface area contributed by atoms with E-state index in [0.29, 0.717) is 17.7 Å². The number of carbonyl (C=O) groups excluding carboxylic acids is 3. The highest BCUT2D eigenvalue weighted by Crippen LogP contribution is 2.43. The van der Waals surface area contributed by atoms with Crippen LogP contribution in [0.1, 0.15) is 28.8 Å². The van der Waals surface area contributed by atoms with Gasteiger partial charge >= 0.3 is 11.9 Å². The minimum absolute atomic E-state index is 0.144. The molecule has 0 bridgehead atoms. The maximum absolute atomic E-state index is 12.7. The van der Waals surface area contributed by atoms with Gasteiger partial charge in [0.2, 0.25) is 5.78 Å². The Morgan fingerprint density at radius 1 is 1.00 bits per heavy atom. The standard InChI is InChI=1S/C25H22O7/c26-19(25-29-14-16-8-4-5-9-20(16)32-25)11-10-17-18-12-23(27)30-22(18)13-21(17)31-24(28)15-6-2-1-3-7-15/h1-11,17-18,21-22,25H,12-14H2/t17-,18-,21-,22+,25?/m1/s1. The van der Waals surface area contributed by atoms with Crippen molar-refractivity contribution in [3.8, 4) is 5.75 Å². The predicted octanol–water partition coefficient (Wildman–Crippen LogP) is 3.22. The third kappa shape index (κ3) is 4.03. The quantitative estimate of drug-likeness (QED) is 0.527. The number of benzene rings is 2. The normalized spacial score (nSPS) is 28.5. The molecule has 2 aliphatic heterocycles. The summed E-state index contributed by atoms with van der Waals surface area (Å²) >= 11 is 0. The van der Waals surface area contributed by atoms with Gasteiger partial charge in [-0.15, -0.1) is 0 Å². The van der Waals surface area contributed by atoms with Gasteiger partial charge in [0.25, 0.3) is 6.29 Å². The van der Waals surface area contributed by atoms with E-state index in [1.54, 1.807) is 36.4 Å². The van der Waals surface area contributed by atoms with Crippen LogP contribution in [0.5, 0.6) is 5.75 Å². The van der Waals surface area contributed by atoms with E-state index in [0.717, 1.165) is 5.56 Å². The fourth-order valence-electron chi connectivity index (χ4n) is 4.55. The van der Waals surface area contributed by atoms with E-state index in [9.17, 15) is 14.4 Å². The van der Waals surface area contributed by atoms with Crippen molar-refractivity contribution >= 4 is 17.7 Å². The molecule has 3 aliphatic rings. The van der Waals surface area contributed by atoms with E-state index < -0.39 is 18.4 Å². The number of ketones is 1. The summed E-state index contributed by atoms with van der Waals surface area (Å²) in [6.45, 7) is 0.286. The van der Waals surface area contributed by atoms with Crippen LogP contribution in [-0.4, -0.2) is 36.2 Å². The highest BCUT2D eigenvalue weighted by molar-refractivity contribution is 5.93. The Labute approximate surface area is 184 Å². The van der Waals surface area contributed by atoms with Crippen LogP contribution in [0, 0.1) is 11.8 Å². The lowest BCUT2D eigenvalue weighted by Crippen LogP contribution is -2.33. The molecule has 1 saturated heterocycles. The Kier molecular flexibility index (Phi) is 5.49. The van der Waals surface area contributed by atoms with Gasteiger partial charge in [0.1, 0.15) is 18.0 Å². The maximum atomic E-state index is 12.7. The van der Waals surface area contributed by atoms with Gasteiger partial charge in [-0.05, 0) is 24.3 Å². The van der Waals surface area contributed by atoms with Crippen LogP contribution in [0.4, 0.5) is 0 Å². The van der Waals surface area contributed by atoms with E-state index >= 15 is 0 Å². The lowest BCUT2D eigenvalue weighted by molar-refractivity contribution is -0.152. The molecule has 7 heteroatoms. The number of esters is 2. The zero-order chi connectivity index (χ0) is 22.1. The van der Waals surface area contributed by atoms with Gasteiger partial charge in [-0.1, -0.05) is 42.5 Å². The summed E-state index contributed by atoms with van der Waals surface area (Å²) in [6.07, 6.45) is 1.88. The number of carbonyl (C=O) groups is 3. The van der Waals surface area contributed by atoms with Crippen molar-refractivity contribution < 1.29 is 33.3 Å². The van der Waals surface area contributed by atoms with Crippen LogP contribution >= 0.6 is 0 Å². The smallest absolute Gasteiger partial charge is 0.338 e. The molecule has 0 spiro atoms. The van der Waals surface area contributed by atoms with E-state index in [-0.39, 0.29) is 42.7 Å². The van der Waals surface area contributed by atoms with Crippen molar-refractivity contribution in [2.24, 2.45) is 11.8 Å². The second-order valence-electron chi connectivity index (χ2n) is 8.15. The molecule has 7 nitrogen and oxygen atoms in total. The minimum Gasteiger partial charge on any atom is -0.462 e. The highest BCUT2D eigenvalue weighted by Gasteiger charge is 2.50. The molecule has 2 fully saturated rings. The summed E-state index contributed by atoms with van der Waals surface area (Å²) < 4.78 is 22.4. The molecule has 0 aromatic heterocycles. The van der Waals surface area contributed by atoms with Crippen LogP contribution in [0.25, 0.3) is 0 Å². The Hall–Kier alpha value is -3.45. The Morgan fingerprint density at radius 3 is 2.62 bits per heavy atom. The number of para-hydroxylation sites is 1. The maximum Gasteiger partial charge on any atom is 0.338 e. The molecule has 1 aliphatic carbocycles. The molecule has 2 aromatic carbocycles. The van der Waals surface area contributed by atoms with Crippen molar-refractivity contribution in [2.75, 3.05) is 0 Å². The summed E-state index contributed by atoms with van der Waals surface area (Å²) in [6, 6.07) is 16.1.